The molecule has 0 aliphatic heterocycles. The predicted octanol–water partition coefficient (Wildman–Crippen LogP) is -1.71. The van der Waals surface area contributed by atoms with Crippen molar-refractivity contribution in [3.05, 3.63) is 0 Å². The van der Waals surface area contributed by atoms with E-state index < -0.39 is 20.9 Å². The largest absolute Gasteiger partial charge is 0.396 e. The molecule has 0 radical (unpaired) electrons. The predicted molar refractivity (Wildman–Crippen MR) is 57.1 cm³/mol. The molecule has 0 aromatic carbocycles. The van der Waals surface area contributed by atoms with Gasteiger partial charge in [0.25, 0.3) is 10.1 Å². The van der Waals surface area contributed by atoms with Crippen molar-refractivity contribution >= 4 is 10.1 Å². The second-order valence-electron chi connectivity index (χ2n) is 3.72. The van der Waals surface area contributed by atoms with E-state index in [4.69, 9.17) is 25.6 Å². The fourth-order valence-corrected chi connectivity index (χ4v) is 2.77. The van der Waals surface area contributed by atoms with Crippen molar-refractivity contribution in [2.45, 2.75) is 24.6 Å². The van der Waals surface area contributed by atoms with Gasteiger partial charge in [0, 0.05) is 25.2 Å². The molecule has 0 amide bonds. The van der Waals surface area contributed by atoms with Crippen molar-refractivity contribution in [2.75, 3.05) is 19.8 Å². The topological polar surface area (TPSA) is 141 Å². The highest BCUT2D eigenvalue weighted by molar-refractivity contribution is 7.86. The Balaban J connectivity index is 5.14. The summed E-state index contributed by atoms with van der Waals surface area (Å²) < 4.78 is 30.9. The third kappa shape index (κ3) is 3.96. The summed E-state index contributed by atoms with van der Waals surface area (Å²) in [7, 11) is -4.48. The molecule has 8 heteroatoms. The van der Waals surface area contributed by atoms with Crippen LogP contribution in [0.25, 0.3) is 0 Å². The first-order valence-electron chi connectivity index (χ1n) is 4.88. The molecular formula is C8H19NO6S. The number of hydrogen-bond donors (Lipinski definition) is 5. The van der Waals surface area contributed by atoms with Crippen LogP contribution >= 0.6 is 0 Å². The quantitative estimate of drug-likeness (QED) is 0.326. The summed E-state index contributed by atoms with van der Waals surface area (Å²) >= 11 is 0. The van der Waals surface area contributed by atoms with Crippen LogP contribution in [-0.2, 0) is 10.1 Å². The van der Waals surface area contributed by atoms with Crippen molar-refractivity contribution in [1.29, 1.82) is 0 Å². The van der Waals surface area contributed by atoms with Gasteiger partial charge in [0.2, 0.25) is 0 Å². The molecule has 16 heavy (non-hydrogen) atoms. The summed E-state index contributed by atoms with van der Waals surface area (Å²) in [6.45, 7) is -1.03. The summed E-state index contributed by atoms with van der Waals surface area (Å²) in [6.07, 6.45) is -0.0563. The number of nitrogens with two attached hydrogens (primary N) is 1. The van der Waals surface area contributed by atoms with Crippen LogP contribution in [0.5, 0.6) is 0 Å². The number of aliphatic hydroxyl groups excluding tert-OH is 3. The minimum atomic E-state index is -4.48. The molecule has 0 spiro atoms. The Labute approximate surface area is 94.6 Å². The molecule has 0 fully saturated rings. The minimum Gasteiger partial charge on any atom is -0.396 e. The van der Waals surface area contributed by atoms with E-state index in [9.17, 15) is 8.42 Å². The van der Waals surface area contributed by atoms with E-state index in [0.717, 1.165) is 0 Å². The minimum absolute atomic E-state index is 0.0188. The lowest BCUT2D eigenvalue weighted by Gasteiger charge is -2.36. The Kier molecular flexibility index (Phi) is 6.38. The summed E-state index contributed by atoms with van der Waals surface area (Å²) in [5.74, 6) is 0. The first-order chi connectivity index (χ1) is 7.34. The van der Waals surface area contributed by atoms with E-state index in [-0.39, 0.29) is 39.1 Å². The highest BCUT2D eigenvalue weighted by Gasteiger charge is 2.42. The molecule has 1 atom stereocenters. The Morgan fingerprint density at radius 1 is 1.00 bits per heavy atom. The van der Waals surface area contributed by atoms with Crippen molar-refractivity contribution in [2.24, 2.45) is 11.1 Å². The van der Waals surface area contributed by atoms with Crippen LogP contribution in [0.1, 0.15) is 19.3 Å². The molecule has 0 rings (SSSR count). The average molecular weight is 257 g/mol. The molecule has 6 N–H and O–H groups in total. The van der Waals surface area contributed by atoms with Gasteiger partial charge in [-0.1, -0.05) is 0 Å². The van der Waals surface area contributed by atoms with E-state index in [1.807, 2.05) is 0 Å². The zero-order valence-corrected chi connectivity index (χ0v) is 9.73. The van der Waals surface area contributed by atoms with Crippen LogP contribution < -0.4 is 5.73 Å². The Hall–Kier alpha value is -0.250. The van der Waals surface area contributed by atoms with Gasteiger partial charge in [-0.25, -0.2) is 0 Å². The van der Waals surface area contributed by atoms with Gasteiger partial charge < -0.3 is 21.1 Å². The van der Waals surface area contributed by atoms with Crippen molar-refractivity contribution in [3.8, 4) is 0 Å². The van der Waals surface area contributed by atoms with Gasteiger partial charge in [-0.15, -0.1) is 0 Å². The molecule has 0 aliphatic carbocycles. The standard InChI is InChI=1S/C8H19NO6S/c9-7(16(13,14)15)8(1-4-10,2-5-11)3-6-12/h7,10-12H,1-6,9H2,(H,13,14,15). The zero-order chi connectivity index (χ0) is 12.8. The normalized spacial score (nSPS) is 15.1. The van der Waals surface area contributed by atoms with Gasteiger partial charge in [-0.05, 0) is 19.3 Å². The third-order valence-electron chi connectivity index (χ3n) is 2.75. The number of rotatable bonds is 8. The SMILES string of the molecule is NC(C(CCO)(CCO)CCO)S(=O)(=O)O. The van der Waals surface area contributed by atoms with E-state index in [0.29, 0.717) is 0 Å². The highest BCUT2D eigenvalue weighted by Crippen LogP contribution is 2.35. The third-order valence-corrected chi connectivity index (χ3v) is 3.90. The lowest BCUT2D eigenvalue weighted by atomic mass is 9.78. The summed E-state index contributed by atoms with van der Waals surface area (Å²) in [5, 5.41) is 25.0. The summed E-state index contributed by atoms with van der Waals surface area (Å²) in [4.78, 5) is 0. The maximum Gasteiger partial charge on any atom is 0.281 e. The van der Waals surface area contributed by atoms with Crippen LogP contribution in [-0.4, -0.2) is 53.5 Å². The molecule has 0 bridgehead atoms. The summed E-state index contributed by atoms with van der Waals surface area (Å²) in [6, 6.07) is 0. The molecule has 0 saturated carbocycles. The second-order valence-corrected chi connectivity index (χ2v) is 5.26. The highest BCUT2D eigenvalue weighted by atomic mass is 32.2. The van der Waals surface area contributed by atoms with E-state index in [1.54, 1.807) is 0 Å². The fraction of sp³-hybridized carbons (Fsp3) is 1.00. The molecule has 0 aromatic rings. The fourth-order valence-electron chi connectivity index (χ4n) is 1.79. The van der Waals surface area contributed by atoms with Crippen molar-refractivity contribution in [1.82, 2.24) is 0 Å². The molecule has 0 heterocycles. The van der Waals surface area contributed by atoms with E-state index in [1.165, 1.54) is 0 Å². The first kappa shape index (κ1) is 15.8. The van der Waals surface area contributed by atoms with Crippen molar-refractivity contribution in [3.63, 3.8) is 0 Å². The maximum atomic E-state index is 11.0. The lowest BCUT2D eigenvalue weighted by Crippen LogP contribution is -2.48. The molecule has 0 saturated heterocycles. The maximum absolute atomic E-state index is 11.0. The van der Waals surface area contributed by atoms with Crippen LogP contribution in [0.3, 0.4) is 0 Å². The molecule has 98 valence electrons. The lowest BCUT2D eigenvalue weighted by molar-refractivity contribution is 0.0934. The van der Waals surface area contributed by atoms with Gasteiger partial charge >= 0.3 is 0 Å². The molecule has 7 nitrogen and oxygen atoms in total. The van der Waals surface area contributed by atoms with Crippen LogP contribution in [0.4, 0.5) is 0 Å². The molecule has 0 aliphatic rings. The Morgan fingerprint density at radius 3 is 1.50 bits per heavy atom. The van der Waals surface area contributed by atoms with Gasteiger partial charge in [0.05, 0.1) is 0 Å². The van der Waals surface area contributed by atoms with Gasteiger partial charge in [-0.2, -0.15) is 8.42 Å². The monoisotopic (exact) mass is 257 g/mol. The first-order valence-corrected chi connectivity index (χ1v) is 6.39. The van der Waals surface area contributed by atoms with Crippen LogP contribution in [0, 0.1) is 5.41 Å². The smallest absolute Gasteiger partial charge is 0.281 e. The van der Waals surface area contributed by atoms with Gasteiger partial charge in [-0.3, -0.25) is 4.55 Å². The zero-order valence-electron chi connectivity index (χ0n) is 8.91. The van der Waals surface area contributed by atoms with Crippen LogP contribution in [0.2, 0.25) is 0 Å². The molecular weight excluding hydrogens is 238 g/mol. The molecule has 1 unspecified atom stereocenters. The average Bonchev–Trinajstić information content (AvgIpc) is 2.16. The number of aliphatic hydroxyl groups is 3. The Bertz CT molecular complexity index is 274. The van der Waals surface area contributed by atoms with Gasteiger partial charge in [0.1, 0.15) is 5.37 Å². The second kappa shape index (κ2) is 6.48. The van der Waals surface area contributed by atoms with Gasteiger partial charge in [0.15, 0.2) is 0 Å². The summed E-state index contributed by atoms with van der Waals surface area (Å²) in [5.41, 5.74) is 4.20. The Morgan fingerprint density at radius 2 is 1.31 bits per heavy atom. The van der Waals surface area contributed by atoms with E-state index >= 15 is 0 Å². The van der Waals surface area contributed by atoms with Crippen LogP contribution in [0.15, 0.2) is 0 Å². The molecule has 0 aromatic heterocycles. The van der Waals surface area contributed by atoms with E-state index in [2.05, 4.69) is 0 Å². The van der Waals surface area contributed by atoms with Crippen molar-refractivity contribution < 1.29 is 28.3 Å². The number of hydrogen-bond acceptors (Lipinski definition) is 6.